The van der Waals surface area contributed by atoms with Crippen molar-refractivity contribution in [1.29, 1.82) is 0 Å². The van der Waals surface area contributed by atoms with E-state index in [1.807, 2.05) is 0 Å². The molecular formula is C23H20F2N8O3. The average Bonchev–Trinajstić information content (AvgIpc) is 3.53. The van der Waals surface area contributed by atoms with Gasteiger partial charge in [0.1, 0.15) is 23.5 Å². The molecule has 0 aliphatic heterocycles. The van der Waals surface area contributed by atoms with E-state index >= 15 is 0 Å². The van der Waals surface area contributed by atoms with E-state index in [4.69, 9.17) is 20.7 Å². The molecule has 3 heterocycles. The number of halogens is 2. The highest BCUT2D eigenvalue weighted by Gasteiger charge is 2.18. The summed E-state index contributed by atoms with van der Waals surface area (Å²) in [6, 6.07) is 9.51. The van der Waals surface area contributed by atoms with Gasteiger partial charge in [-0.1, -0.05) is 23.4 Å². The molecule has 13 heteroatoms. The zero-order valence-corrected chi connectivity index (χ0v) is 18.9. The zero-order chi connectivity index (χ0) is 25.7. The number of amides is 1. The Hall–Kier alpha value is -4.94. The first-order valence-corrected chi connectivity index (χ1v) is 10.5. The van der Waals surface area contributed by atoms with Crippen LogP contribution in [0.1, 0.15) is 12.0 Å². The molecule has 0 radical (unpaired) electrons. The number of methoxy groups -OCH3 is 1. The van der Waals surface area contributed by atoms with Gasteiger partial charge in [-0.2, -0.15) is 5.10 Å². The third-order valence-corrected chi connectivity index (χ3v) is 4.96. The van der Waals surface area contributed by atoms with Crippen LogP contribution < -0.4 is 11.5 Å². The number of nitrogens with two attached hydrogens (primary N) is 2. The first-order chi connectivity index (χ1) is 17.4. The zero-order valence-electron chi connectivity index (χ0n) is 18.9. The van der Waals surface area contributed by atoms with Crippen molar-refractivity contribution in [1.82, 2.24) is 24.9 Å². The summed E-state index contributed by atoms with van der Waals surface area (Å²) in [5.41, 5.74) is 12.7. The van der Waals surface area contributed by atoms with Gasteiger partial charge in [-0.3, -0.25) is 9.48 Å². The molecule has 0 saturated carbocycles. The van der Waals surface area contributed by atoms with E-state index in [1.54, 1.807) is 30.3 Å². The molecule has 0 aliphatic carbocycles. The molecule has 0 fully saturated rings. The summed E-state index contributed by atoms with van der Waals surface area (Å²) in [4.78, 5) is 23.4. The minimum absolute atomic E-state index is 0.0423. The Morgan fingerprint density at radius 2 is 2.00 bits per heavy atom. The number of benzene rings is 1. The number of aromatic nitrogens is 5. The molecule has 0 saturated heterocycles. The number of ether oxygens (including phenoxy) is 1. The van der Waals surface area contributed by atoms with Crippen LogP contribution in [0.25, 0.3) is 22.9 Å². The number of carbonyl (C=O) groups is 1. The lowest BCUT2D eigenvalue weighted by Gasteiger charge is -2.06. The van der Waals surface area contributed by atoms with Gasteiger partial charge in [-0.05, 0) is 12.1 Å². The standard InChI is InChI=1S/C23H20F2N8O3/c1-35-21(27)14(8-20(26)34)10-28-22-16(25)11-29-23(30-22)18-9-19(17-6-7-36-32-17)33(31-18)12-13-4-2-3-5-15(13)24/h2-7,9-11H,8,12,27H2,1H3,(H2,26,34). The molecule has 3 aromatic heterocycles. The molecule has 4 rings (SSSR count). The third-order valence-electron chi connectivity index (χ3n) is 4.96. The molecule has 0 aliphatic rings. The van der Waals surface area contributed by atoms with Crippen LogP contribution in [0.2, 0.25) is 0 Å². The van der Waals surface area contributed by atoms with Crippen molar-refractivity contribution >= 4 is 17.9 Å². The van der Waals surface area contributed by atoms with Gasteiger partial charge in [0.2, 0.25) is 5.91 Å². The van der Waals surface area contributed by atoms with Crippen molar-refractivity contribution in [3.63, 3.8) is 0 Å². The maximum atomic E-state index is 14.4. The van der Waals surface area contributed by atoms with E-state index < -0.39 is 17.5 Å². The average molecular weight is 494 g/mol. The predicted molar refractivity (Wildman–Crippen MR) is 124 cm³/mol. The van der Waals surface area contributed by atoms with Gasteiger partial charge in [0, 0.05) is 23.4 Å². The molecule has 36 heavy (non-hydrogen) atoms. The predicted octanol–water partition coefficient (Wildman–Crippen LogP) is 2.72. The van der Waals surface area contributed by atoms with Crippen molar-refractivity contribution in [3.05, 3.63) is 77.5 Å². The van der Waals surface area contributed by atoms with E-state index in [2.05, 4.69) is 25.2 Å². The van der Waals surface area contributed by atoms with Gasteiger partial charge in [-0.15, -0.1) is 0 Å². The highest BCUT2D eigenvalue weighted by molar-refractivity contribution is 5.90. The second-order valence-corrected chi connectivity index (χ2v) is 7.41. The van der Waals surface area contributed by atoms with Crippen molar-refractivity contribution in [2.24, 2.45) is 16.5 Å². The lowest BCUT2D eigenvalue weighted by Crippen LogP contribution is -2.15. The number of aliphatic imine (C=N–C) groups is 1. The van der Waals surface area contributed by atoms with Gasteiger partial charge in [-0.25, -0.2) is 23.7 Å². The molecular weight excluding hydrogens is 474 g/mol. The molecule has 4 N–H and O–H groups in total. The summed E-state index contributed by atoms with van der Waals surface area (Å²) >= 11 is 0. The normalized spacial score (nSPS) is 12.1. The van der Waals surface area contributed by atoms with E-state index in [0.29, 0.717) is 17.0 Å². The smallest absolute Gasteiger partial charge is 0.222 e. The Bertz CT molecular complexity index is 1450. The number of carbonyl (C=O) groups excluding carboxylic acids is 1. The van der Waals surface area contributed by atoms with E-state index in [-0.39, 0.29) is 41.8 Å². The number of nitrogens with zero attached hydrogens (tertiary/aromatic N) is 6. The van der Waals surface area contributed by atoms with Gasteiger partial charge in [0.25, 0.3) is 0 Å². The second kappa shape index (κ2) is 10.5. The SMILES string of the molecule is COC(N)=C(C=Nc1nc(-c2cc(-c3ccon3)n(Cc3ccccc3F)n2)ncc1F)CC(N)=O. The molecule has 11 nitrogen and oxygen atoms in total. The summed E-state index contributed by atoms with van der Waals surface area (Å²) in [5, 5.41) is 8.40. The van der Waals surface area contributed by atoms with Crippen LogP contribution in [0.4, 0.5) is 14.6 Å². The summed E-state index contributed by atoms with van der Waals surface area (Å²) in [6.07, 6.45) is 3.18. The summed E-state index contributed by atoms with van der Waals surface area (Å²) < 4.78 is 40.1. The molecule has 1 aromatic carbocycles. The van der Waals surface area contributed by atoms with Crippen molar-refractivity contribution in [3.8, 4) is 22.9 Å². The van der Waals surface area contributed by atoms with Crippen molar-refractivity contribution in [2.45, 2.75) is 13.0 Å². The Balaban J connectivity index is 1.72. The van der Waals surface area contributed by atoms with E-state index in [9.17, 15) is 13.6 Å². The Kier molecular flexibility index (Phi) is 7.09. The van der Waals surface area contributed by atoms with Gasteiger partial charge in [0.05, 0.1) is 32.0 Å². The van der Waals surface area contributed by atoms with Crippen LogP contribution >= 0.6 is 0 Å². The van der Waals surface area contributed by atoms with E-state index in [0.717, 1.165) is 12.4 Å². The van der Waals surface area contributed by atoms with Crippen LogP contribution in [0.3, 0.4) is 0 Å². The van der Waals surface area contributed by atoms with Crippen LogP contribution in [0.5, 0.6) is 0 Å². The maximum absolute atomic E-state index is 14.4. The number of primary amides is 1. The number of rotatable bonds is 9. The fourth-order valence-electron chi connectivity index (χ4n) is 3.21. The van der Waals surface area contributed by atoms with Gasteiger partial charge >= 0.3 is 0 Å². The van der Waals surface area contributed by atoms with Crippen LogP contribution in [0, 0.1) is 11.6 Å². The largest absolute Gasteiger partial charge is 0.482 e. The first kappa shape index (κ1) is 24.2. The van der Waals surface area contributed by atoms with Crippen LogP contribution in [-0.4, -0.2) is 44.1 Å². The molecule has 0 bridgehead atoms. The fraction of sp³-hybridized carbons (Fsp3) is 0.130. The topological polar surface area (TPSA) is 160 Å². The Morgan fingerprint density at radius 1 is 1.19 bits per heavy atom. The van der Waals surface area contributed by atoms with E-state index in [1.165, 1.54) is 24.1 Å². The van der Waals surface area contributed by atoms with Crippen molar-refractivity contribution < 1.29 is 22.8 Å². The van der Waals surface area contributed by atoms with Gasteiger partial charge in [0.15, 0.2) is 23.3 Å². The minimum Gasteiger partial charge on any atom is -0.482 e. The second-order valence-electron chi connectivity index (χ2n) is 7.41. The minimum atomic E-state index is -0.827. The molecule has 0 spiro atoms. The lowest BCUT2D eigenvalue weighted by molar-refractivity contribution is -0.117. The van der Waals surface area contributed by atoms with Gasteiger partial charge < -0.3 is 20.7 Å². The van der Waals surface area contributed by atoms with Crippen molar-refractivity contribution in [2.75, 3.05) is 7.11 Å². The molecule has 1 amide bonds. The van der Waals surface area contributed by atoms with Crippen LogP contribution in [0.15, 0.2) is 69.8 Å². The number of hydrogen-bond donors (Lipinski definition) is 2. The molecule has 184 valence electrons. The number of hydrogen-bond acceptors (Lipinski definition) is 9. The monoisotopic (exact) mass is 494 g/mol. The quantitative estimate of drug-likeness (QED) is 0.265. The summed E-state index contributed by atoms with van der Waals surface area (Å²) in [7, 11) is 1.30. The molecule has 0 atom stereocenters. The molecule has 0 unspecified atom stereocenters. The highest BCUT2D eigenvalue weighted by atomic mass is 19.1. The summed E-state index contributed by atoms with van der Waals surface area (Å²) in [6.45, 7) is 0.0820. The summed E-state index contributed by atoms with van der Waals surface area (Å²) in [5.74, 6) is -2.30. The third kappa shape index (κ3) is 5.41. The fourth-order valence-corrected chi connectivity index (χ4v) is 3.21. The van der Waals surface area contributed by atoms with Crippen LogP contribution in [-0.2, 0) is 16.1 Å². The maximum Gasteiger partial charge on any atom is 0.222 e. The Morgan fingerprint density at radius 3 is 2.69 bits per heavy atom. The lowest BCUT2D eigenvalue weighted by atomic mass is 10.2. The Labute approximate surface area is 203 Å². The first-order valence-electron chi connectivity index (χ1n) is 10.5. The molecule has 4 aromatic rings. The highest BCUT2D eigenvalue weighted by Crippen LogP contribution is 2.26.